The van der Waals surface area contributed by atoms with Crippen molar-refractivity contribution in [2.24, 2.45) is 0 Å². The minimum absolute atomic E-state index is 0. The van der Waals surface area contributed by atoms with Gasteiger partial charge < -0.3 is 14.9 Å². The van der Waals surface area contributed by atoms with Crippen molar-refractivity contribution >= 4 is 12.3 Å². The first kappa shape index (κ1) is 22.5. The maximum Gasteiger partial charge on any atom is 0.516 e. The summed E-state index contributed by atoms with van der Waals surface area (Å²) in [5.41, 5.74) is 0. The van der Waals surface area contributed by atoms with Crippen LogP contribution in [0, 0.1) is 0 Å². The van der Waals surface area contributed by atoms with Crippen LogP contribution in [0.2, 0.25) is 0 Å². The first-order valence-corrected chi connectivity index (χ1v) is 1.26. The molecule has 8 heteroatoms. The minimum atomic E-state index is -1.81. The van der Waals surface area contributed by atoms with Gasteiger partial charge in [-0.05, 0) is 0 Å². The third-order valence-corrected chi connectivity index (χ3v) is 0.175. The van der Waals surface area contributed by atoms with E-state index in [4.69, 9.17) is 10.2 Å². The van der Waals surface area contributed by atoms with Crippen molar-refractivity contribution in [2.75, 3.05) is 0 Å². The zero-order valence-corrected chi connectivity index (χ0v) is 7.36. The van der Waals surface area contributed by atoms with Crippen molar-refractivity contribution < 1.29 is 74.9 Å². The SMILES string of the molecule is O=C(O)OC(=O)O.[Co].[Mn].[Ni]. The summed E-state index contributed by atoms with van der Waals surface area (Å²) in [5, 5.41) is 15.0. The van der Waals surface area contributed by atoms with Gasteiger partial charge in [0.25, 0.3) is 0 Å². The van der Waals surface area contributed by atoms with E-state index in [0.717, 1.165) is 0 Å². The molecule has 66 valence electrons. The zero-order valence-electron chi connectivity index (χ0n) is 4.15. The molecule has 0 aliphatic carbocycles. The molecule has 0 aliphatic heterocycles. The molecule has 0 aromatic carbocycles. The van der Waals surface area contributed by atoms with Crippen molar-refractivity contribution in [1.29, 1.82) is 0 Å². The summed E-state index contributed by atoms with van der Waals surface area (Å²) in [4.78, 5) is 18.4. The van der Waals surface area contributed by atoms with Crippen LogP contribution in [0.4, 0.5) is 9.59 Å². The smallest absolute Gasteiger partial charge is 0.449 e. The number of hydrogen-bond donors (Lipinski definition) is 2. The molecule has 0 atom stereocenters. The van der Waals surface area contributed by atoms with Crippen LogP contribution in [-0.4, -0.2) is 22.5 Å². The first-order chi connectivity index (χ1) is 3.13. The summed E-state index contributed by atoms with van der Waals surface area (Å²) in [7, 11) is 0. The molecule has 0 spiro atoms. The van der Waals surface area contributed by atoms with Crippen LogP contribution in [-0.2, 0) is 55.1 Å². The van der Waals surface area contributed by atoms with Gasteiger partial charge in [-0.3, -0.25) is 0 Å². The molecule has 0 bridgehead atoms. The van der Waals surface area contributed by atoms with Crippen LogP contribution < -0.4 is 0 Å². The molecule has 10 heavy (non-hydrogen) atoms. The van der Waals surface area contributed by atoms with E-state index in [1.807, 2.05) is 0 Å². The average Bonchev–Trinajstić information content (AvgIpc) is 1.27. The second kappa shape index (κ2) is 12.0. The van der Waals surface area contributed by atoms with Crippen LogP contribution in [0.15, 0.2) is 0 Å². The Kier molecular flexibility index (Phi) is 26.9. The van der Waals surface area contributed by atoms with Crippen molar-refractivity contribution in [3.05, 3.63) is 0 Å². The summed E-state index contributed by atoms with van der Waals surface area (Å²) in [6, 6.07) is 0. The molecule has 0 unspecified atom stereocenters. The van der Waals surface area contributed by atoms with Gasteiger partial charge in [-0.25, -0.2) is 9.59 Å². The van der Waals surface area contributed by atoms with E-state index >= 15 is 0 Å². The van der Waals surface area contributed by atoms with E-state index in [0.29, 0.717) is 0 Å². The monoisotopic (exact) mass is 278 g/mol. The molecule has 0 aromatic rings. The van der Waals surface area contributed by atoms with Gasteiger partial charge in [0.2, 0.25) is 0 Å². The zero-order chi connectivity index (χ0) is 5.86. The Morgan fingerprint density at radius 3 is 1.30 bits per heavy atom. The molecule has 5 nitrogen and oxygen atoms in total. The molecule has 0 amide bonds. The Bertz CT molecular complexity index is 95.8. The van der Waals surface area contributed by atoms with Crippen LogP contribution in [0.5, 0.6) is 0 Å². The molecule has 2 N–H and O–H groups in total. The summed E-state index contributed by atoms with van der Waals surface area (Å²) in [6.07, 6.45) is -3.62. The molecule has 0 aliphatic rings. The molecular formula is C2H2CoMnNiO5. The number of rotatable bonds is 0. The normalized spacial score (nSPS) is 5.20. The number of carboxylic acid groups (broad SMARTS) is 2. The van der Waals surface area contributed by atoms with Gasteiger partial charge in [0.15, 0.2) is 0 Å². The van der Waals surface area contributed by atoms with Gasteiger partial charge in [0, 0.05) is 50.3 Å². The summed E-state index contributed by atoms with van der Waals surface area (Å²) >= 11 is 0. The van der Waals surface area contributed by atoms with Gasteiger partial charge >= 0.3 is 12.3 Å². The largest absolute Gasteiger partial charge is 0.516 e. The maximum atomic E-state index is 9.21. The molecule has 0 aromatic heterocycles. The molecule has 0 saturated heterocycles. The Balaban J connectivity index is -0.0000000600. The number of carbonyl (C=O) groups is 2. The van der Waals surface area contributed by atoms with Crippen LogP contribution in [0.1, 0.15) is 0 Å². The quantitative estimate of drug-likeness (QED) is 0.379. The van der Waals surface area contributed by atoms with Crippen molar-refractivity contribution in [3.8, 4) is 0 Å². The van der Waals surface area contributed by atoms with Gasteiger partial charge in [-0.1, -0.05) is 0 Å². The fraction of sp³-hybridized carbons (Fsp3) is 0. The van der Waals surface area contributed by atoms with Gasteiger partial charge in [0.1, 0.15) is 0 Å². The van der Waals surface area contributed by atoms with Crippen LogP contribution in [0.3, 0.4) is 0 Å². The van der Waals surface area contributed by atoms with Gasteiger partial charge in [-0.15, -0.1) is 0 Å². The fourth-order valence-corrected chi connectivity index (χ4v) is 0.0747. The van der Waals surface area contributed by atoms with Crippen molar-refractivity contribution in [1.82, 2.24) is 0 Å². The molecular weight excluding hydrogens is 277 g/mol. The fourth-order valence-electron chi connectivity index (χ4n) is 0.0747. The molecule has 2 radical (unpaired) electrons. The second-order valence-corrected chi connectivity index (χ2v) is 0.634. The Morgan fingerprint density at radius 1 is 1.10 bits per heavy atom. The maximum absolute atomic E-state index is 9.21. The van der Waals surface area contributed by atoms with E-state index in [9.17, 15) is 9.59 Å². The molecule has 0 rings (SSSR count). The van der Waals surface area contributed by atoms with Crippen molar-refractivity contribution in [3.63, 3.8) is 0 Å². The summed E-state index contributed by atoms with van der Waals surface area (Å²) < 4.78 is 3.08. The first-order valence-electron chi connectivity index (χ1n) is 1.26. The third kappa shape index (κ3) is 24.0. The predicted molar refractivity (Wildman–Crippen MR) is 17.1 cm³/mol. The minimum Gasteiger partial charge on any atom is -0.449 e. The topological polar surface area (TPSA) is 83.8 Å². The summed E-state index contributed by atoms with van der Waals surface area (Å²) in [6.45, 7) is 0. The third-order valence-electron chi connectivity index (χ3n) is 0.175. The van der Waals surface area contributed by atoms with E-state index in [1.165, 1.54) is 0 Å². The standard InChI is InChI=1S/C2H2O5.Co.Mn.Ni/c3-1(4)7-2(5)6;;;/h(H,3,4)(H,5,6);;;. The van der Waals surface area contributed by atoms with Crippen LogP contribution >= 0.6 is 0 Å². The summed E-state index contributed by atoms with van der Waals surface area (Å²) in [5.74, 6) is 0. The number of ether oxygens (including phenoxy) is 1. The van der Waals surface area contributed by atoms with Crippen LogP contribution in [0.25, 0.3) is 0 Å². The predicted octanol–water partition coefficient (Wildman–Crippen LogP) is 0.351. The van der Waals surface area contributed by atoms with Crippen molar-refractivity contribution in [2.45, 2.75) is 0 Å². The second-order valence-electron chi connectivity index (χ2n) is 0.634. The molecule has 0 heterocycles. The van der Waals surface area contributed by atoms with Gasteiger partial charge in [0.05, 0.1) is 0 Å². The molecule has 0 fully saturated rings. The van der Waals surface area contributed by atoms with E-state index in [2.05, 4.69) is 4.74 Å². The Labute approximate surface area is 87.1 Å². The molecule has 0 saturated carbocycles. The van der Waals surface area contributed by atoms with Gasteiger partial charge in [-0.2, -0.15) is 0 Å². The van der Waals surface area contributed by atoms with E-state index in [1.54, 1.807) is 0 Å². The van der Waals surface area contributed by atoms with E-state index in [-0.39, 0.29) is 50.3 Å². The number of hydrogen-bond acceptors (Lipinski definition) is 3. The Morgan fingerprint density at radius 2 is 1.30 bits per heavy atom. The average molecular weight is 279 g/mol. The van der Waals surface area contributed by atoms with E-state index < -0.39 is 12.3 Å². The Hall–Kier alpha value is 0.259.